The number of hydrogen-bond acceptors (Lipinski definition) is 2. The Kier molecular flexibility index (Phi) is 2.15. The highest BCUT2D eigenvalue weighted by Gasteiger charge is 2.16. The van der Waals surface area contributed by atoms with E-state index in [1.807, 2.05) is 6.20 Å². The van der Waals surface area contributed by atoms with Crippen molar-refractivity contribution in [3.63, 3.8) is 0 Å². The maximum atomic E-state index is 4.41. The lowest BCUT2D eigenvalue weighted by Crippen LogP contribution is -2.27. The van der Waals surface area contributed by atoms with Gasteiger partial charge in [-0.05, 0) is 27.6 Å². The van der Waals surface area contributed by atoms with E-state index in [4.69, 9.17) is 0 Å². The molecule has 0 saturated heterocycles. The molecule has 0 bridgehead atoms. The van der Waals surface area contributed by atoms with E-state index in [1.165, 1.54) is 11.3 Å². The van der Waals surface area contributed by atoms with Crippen LogP contribution in [0, 0.1) is 0 Å². The third-order valence-corrected chi connectivity index (χ3v) is 2.63. The van der Waals surface area contributed by atoms with Gasteiger partial charge in [0.1, 0.15) is 0 Å². The van der Waals surface area contributed by atoms with Gasteiger partial charge >= 0.3 is 0 Å². The Morgan fingerprint density at radius 2 is 2.50 bits per heavy atom. The molecule has 2 rings (SSSR count). The molecule has 0 spiro atoms. The first-order chi connectivity index (χ1) is 5.77. The van der Waals surface area contributed by atoms with E-state index >= 15 is 0 Å². The van der Waals surface area contributed by atoms with Crippen molar-refractivity contribution in [3.8, 4) is 0 Å². The molecular formula is C9H11BrN2. The van der Waals surface area contributed by atoms with Crippen LogP contribution in [0.4, 0.5) is 0 Å². The summed E-state index contributed by atoms with van der Waals surface area (Å²) in [6.45, 7) is 4.19. The van der Waals surface area contributed by atoms with Crippen LogP contribution in [-0.2, 0) is 6.54 Å². The predicted molar refractivity (Wildman–Crippen MR) is 52.1 cm³/mol. The molecule has 12 heavy (non-hydrogen) atoms. The standard InChI is InChI=1S/C9H11BrN2/c1-6-3-11-4-7-2-8(10)5-12-9(6)7/h2,5-6,11H,3-4H2,1H3. The van der Waals surface area contributed by atoms with Gasteiger partial charge in [0.05, 0.1) is 0 Å². The van der Waals surface area contributed by atoms with Crippen molar-refractivity contribution >= 4 is 15.9 Å². The fourth-order valence-electron chi connectivity index (χ4n) is 1.60. The van der Waals surface area contributed by atoms with Gasteiger partial charge in [-0.2, -0.15) is 0 Å². The lowest BCUT2D eigenvalue weighted by Gasteiger charge is -2.21. The van der Waals surface area contributed by atoms with E-state index in [0.717, 1.165) is 17.6 Å². The Morgan fingerprint density at radius 3 is 3.33 bits per heavy atom. The van der Waals surface area contributed by atoms with Gasteiger partial charge in [0.2, 0.25) is 0 Å². The number of aromatic nitrogens is 1. The molecule has 1 N–H and O–H groups in total. The molecule has 64 valence electrons. The number of rotatable bonds is 0. The molecule has 1 aromatic heterocycles. The number of nitrogens with zero attached hydrogens (tertiary/aromatic N) is 1. The summed E-state index contributed by atoms with van der Waals surface area (Å²) < 4.78 is 1.07. The van der Waals surface area contributed by atoms with E-state index in [9.17, 15) is 0 Å². The van der Waals surface area contributed by atoms with Crippen LogP contribution in [-0.4, -0.2) is 11.5 Å². The normalized spacial score (nSPS) is 22.0. The summed E-state index contributed by atoms with van der Waals surface area (Å²) in [5, 5.41) is 3.36. The van der Waals surface area contributed by atoms with E-state index in [0.29, 0.717) is 5.92 Å². The van der Waals surface area contributed by atoms with Crippen LogP contribution in [0.5, 0.6) is 0 Å². The SMILES string of the molecule is CC1CNCc2cc(Br)cnc21. The molecular weight excluding hydrogens is 216 g/mol. The van der Waals surface area contributed by atoms with E-state index in [1.54, 1.807) is 0 Å². The highest BCUT2D eigenvalue weighted by Crippen LogP contribution is 2.23. The summed E-state index contributed by atoms with van der Waals surface area (Å²) in [4.78, 5) is 4.41. The van der Waals surface area contributed by atoms with Crippen molar-refractivity contribution in [1.82, 2.24) is 10.3 Å². The number of nitrogens with one attached hydrogen (secondary N) is 1. The fraction of sp³-hybridized carbons (Fsp3) is 0.444. The maximum absolute atomic E-state index is 4.41. The van der Waals surface area contributed by atoms with Gasteiger partial charge in [-0.1, -0.05) is 6.92 Å². The molecule has 0 aliphatic carbocycles. The summed E-state index contributed by atoms with van der Waals surface area (Å²) in [7, 11) is 0. The maximum Gasteiger partial charge on any atom is 0.0490 e. The summed E-state index contributed by atoms with van der Waals surface area (Å²) in [5.41, 5.74) is 2.57. The van der Waals surface area contributed by atoms with Gasteiger partial charge in [-0.3, -0.25) is 4.98 Å². The van der Waals surface area contributed by atoms with Crippen molar-refractivity contribution < 1.29 is 0 Å². The molecule has 0 saturated carbocycles. The second-order valence-corrected chi connectivity index (χ2v) is 4.15. The quantitative estimate of drug-likeness (QED) is 0.733. The van der Waals surface area contributed by atoms with Crippen LogP contribution >= 0.6 is 15.9 Å². The summed E-state index contributed by atoms with van der Waals surface area (Å²) in [6.07, 6.45) is 1.88. The largest absolute Gasteiger partial charge is 0.312 e. The van der Waals surface area contributed by atoms with Gasteiger partial charge in [-0.25, -0.2) is 0 Å². The minimum Gasteiger partial charge on any atom is -0.312 e. The Balaban J connectivity index is 2.46. The van der Waals surface area contributed by atoms with Crippen molar-refractivity contribution in [2.75, 3.05) is 6.54 Å². The Morgan fingerprint density at radius 1 is 1.67 bits per heavy atom. The first-order valence-electron chi connectivity index (χ1n) is 4.12. The van der Waals surface area contributed by atoms with Crippen LogP contribution in [0.15, 0.2) is 16.7 Å². The van der Waals surface area contributed by atoms with Gasteiger partial charge in [-0.15, -0.1) is 0 Å². The molecule has 1 atom stereocenters. The molecule has 1 aliphatic rings. The fourth-order valence-corrected chi connectivity index (χ4v) is 1.98. The lowest BCUT2D eigenvalue weighted by molar-refractivity contribution is 0.556. The molecule has 1 aromatic rings. The Labute approximate surface area is 80.5 Å². The zero-order chi connectivity index (χ0) is 8.55. The van der Waals surface area contributed by atoms with Crippen LogP contribution in [0.1, 0.15) is 24.1 Å². The highest BCUT2D eigenvalue weighted by molar-refractivity contribution is 9.10. The zero-order valence-corrected chi connectivity index (χ0v) is 8.56. The van der Waals surface area contributed by atoms with Crippen LogP contribution < -0.4 is 5.32 Å². The molecule has 0 fully saturated rings. The predicted octanol–water partition coefficient (Wildman–Crippen LogP) is 2.05. The van der Waals surface area contributed by atoms with E-state index in [-0.39, 0.29) is 0 Å². The molecule has 0 aromatic carbocycles. The van der Waals surface area contributed by atoms with Crippen LogP contribution in [0.25, 0.3) is 0 Å². The molecule has 2 nitrogen and oxygen atoms in total. The second kappa shape index (κ2) is 3.15. The monoisotopic (exact) mass is 226 g/mol. The first-order valence-corrected chi connectivity index (χ1v) is 4.91. The van der Waals surface area contributed by atoms with Crippen molar-refractivity contribution in [3.05, 3.63) is 28.0 Å². The van der Waals surface area contributed by atoms with Gasteiger partial charge in [0.15, 0.2) is 0 Å². The van der Waals surface area contributed by atoms with Crippen molar-refractivity contribution in [2.45, 2.75) is 19.4 Å². The van der Waals surface area contributed by atoms with Crippen molar-refractivity contribution in [1.29, 1.82) is 0 Å². The van der Waals surface area contributed by atoms with Gasteiger partial charge in [0.25, 0.3) is 0 Å². The first kappa shape index (κ1) is 8.20. The molecule has 3 heteroatoms. The van der Waals surface area contributed by atoms with Crippen LogP contribution in [0.3, 0.4) is 0 Å². The van der Waals surface area contributed by atoms with E-state index in [2.05, 4.69) is 39.2 Å². The molecule has 1 unspecified atom stereocenters. The zero-order valence-electron chi connectivity index (χ0n) is 6.97. The van der Waals surface area contributed by atoms with Crippen molar-refractivity contribution in [2.24, 2.45) is 0 Å². The van der Waals surface area contributed by atoms with Gasteiger partial charge < -0.3 is 5.32 Å². The summed E-state index contributed by atoms with van der Waals surface area (Å²) in [5.74, 6) is 0.543. The summed E-state index contributed by atoms with van der Waals surface area (Å²) >= 11 is 3.42. The number of pyridine rings is 1. The molecule has 0 radical (unpaired) electrons. The lowest BCUT2D eigenvalue weighted by atomic mass is 9.98. The molecule has 2 heterocycles. The van der Waals surface area contributed by atoms with E-state index < -0.39 is 0 Å². The third kappa shape index (κ3) is 1.39. The Bertz CT molecular complexity index is 299. The van der Waals surface area contributed by atoms with Gasteiger partial charge in [0, 0.05) is 35.4 Å². The number of halogens is 1. The highest BCUT2D eigenvalue weighted by atomic mass is 79.9. The average molecular weight is 227 g/mol. The Hall–Kier alpha value is -0.410. The average Bonchev–Trinajstić information content (AvgIpc) is 2.04. The number of fused-ring (bicyclic) bond motifs is 1. The summed E-state index contributed by atoms with van der Waals surface area (Å²) in [6, 6.07) is 2.14. The number of hydrogen-bond donors (Lipinski definition) is 1. The topological polar surface area (TPSA) is 24.9 Å². The third-order valence-electron chi connectivity index (χ3n) is 2.20. The minimum absolute atomic E-state index is 0.543. The smallest absolute Gasteiger partial charge is 0.0490 e. The van der Waals surface area contributed by atoms with Crippen LogP contribution in [0.2, 0.25) is 0 Å². The second-order valence-electron chi connectivity index (χ2n) is 3.23. The minimum atomic E-state index is 0.543. The molecule has 0 amide bonds. The molecule has 1 aliphatic heterocycles.